The Kier molecular flexibility index (Phi) is 3.80. The minimum atomic E-state index is 1.12. The minimum absolute atomic E-state index is 1.12. The van der Waals surface area contributed by atoms with E-state index in [0.717, 1.165) is 33.1 Å². The molecule has 3 heteroatoms. The van der Waals surface area contributed by atoms with Crippen LogP contribution in [0.3, 0.4) is 0 Å². The molecule has 0 bridgehead atoms. The summed E-state index contributed by atoms with van der Waals surface area (Å²) in [6.45, 7) is 6.04. The number of rotatable bonds is 3. The Labute approximate surface area is 163 Å². The van der Waals surface area contributed by atoms with Crippen molar-refractivity contribution in [2.24, 2.45) is 0 Å². The predicted octanol–water partition coefficient (Wildman–Crippen LogP) is 6.19. The van der Waals surface area contributed by atoms with Crippen molar-refractivity contribution in [3.05, 3.63) is 97.1 Å². The minimum Gasteiger partial charge on any atom is -0.309 e. The van der Waals surface area contributed by atoms with E-state index in [1.54, 1.807) is 0 Å². The number of pyridine rings is 2. The lowest BCUT2D eigenvalue weighted by atomic mass is 9.98. The molecule has 0 spiro atoms. The summed E-state index contributed by atoms with van der Waals surface area (Å²) in [4.78, 5) is 8.62. The maximum absolute atomic E-state index is 4.31. The lowest BCUT2D eigenvalue weighted by molar-refractivity contribution is 1.16. The monoisotopic (exact) mass is 361 g/mol. The van der Waals surface area contributed by atoms with Gasteiger partial charge in [-0.05, 0) is 59.5 Å². The molecule has 3 aromatic heterocycles. The molecular weight excluding hydrogens is 342 g/mol. The SMILES string of the molecule is C=Cc1cccc(-c2ccc(-n3c4ccncc4c4cnccc43)cc2C)c1. The van der Waals surface area contributed by atoms with Crippen LogP contribution < -0.4 is 0 Å². The van der Waals surface area contributed by atoms with E-state index in [4.69, 9.17) is 0 Å². The zero-order chi connectivity index (χ0) is 19.1. The Hall–Kier alpha value is -3.72. The van der Waals surface area contributed by atoms with Crippen LogP contribution in [0, 0.1) is 6.92 Å². The second kappa shape index (κ2) is 6.46. The van der Waals surface area contributed by atoms with Gasteiger partial charge in [0.25, 0.3) is 0 Å². The van der Waals surface area contributed by atoms with Crippen LogP contribution in [-0.4, -0.2) is 14.5 Å². The third-order valence-electron chi connectivity index (χ3n) is 5.27. The summed E-state index contributed by atoms with van der Waals surface area (Å²) in [7, 11) is 0. The normalized spacial score (nSPS) is 11.2. The molecule has 0 saturated heterocycles. The number of fused-ring (bicyclic) bond motifs is 3. The van der Waals surface area contributed by atoms with E-state index in [0.29, 0.717) is 0 Å². The van der Waals surface area contributed by atoms with Gasteiger partial charge in [0.1, 0.15) is 0 Å². The highest BCUT2D eigenvalue weighted by Gasteiger charge is 2.13. The summed E-state index contributed by atoms with van der Waals surface area (Å²) in [6, 6.07) is 19.2. The van der Waals surface area contributed by atoms with Gasteiger partial charge in [0.15, 0.2) is 0 Å². The molecule has 0 aliphatic heterocycles. The Morgan fingerprint density at radius 1 is 0.857 bits per heavy atom. The Morgan fingerprint density at radius 3 is 2.21 bits per heavy atom. The molecule has 0 atom stereocenters. The molecule has 3 heterocycles. The van der Waals surface area contributed by atoms with Crippen molar-refractivity contribution in [3.8, 4) is 16.8 Å². The van der Waals surface area contributed by atoms with Gasteiger partial charge >= 0.3 is 0 Å². The Morgan fingerprint density at radius 2 is 1.57 bits per heavy atom. The highest BCUT2D eigenvalue weighted by molar-refractivity contribution is 6.08. The molecule has 2 aromatic carbocycles. The predicted molar refractivity (Wildman–Crippen MR) is 117 cm³/mol. The Bertz CT molecular complexity index is 1290. The van der Waals surface area contributed by atoms with E-state index in [1.807, 2.05) is 30.9 Å². The third kappa shape index (κ3) is 2.52. The lowest BCUT2D eigenvalue weighted by Gasteiger charge is -2.12. The fourth-order valence-corrected chi connectivity index (χ4v) is 3.93. The summed E-state index contributed by atoms with van der Waals surface area (Å²) in [5.41, 5.74) is 8.21. The third-order valence-corrected chi connectivity index (χ3v) is 5.27. The maximum Gasteiger partial charge on any atom is 0.0572 e. The van der Waals surface area contributed by atoms with Gasteiger partial charge in [0.2, 0.25) is 0 Å². The zero-order valence-corrected chi connectivity index (χ0v) is 15.6. The first-order chi connectivity index (χ1) is 13.8. The Balaban J connectivity index is 1.72. The van der Waals surface area contributed by atoms with Gasteiger partial charge in [-0.1, -0.05) is 36.9 Å². The number of nitrogens with zero attached hydrogens (tertiary/aromatic N) is 3. The first-order valence-corrected chi connectivity index (χ1v) is 9.28. The number of aryl methyl sites for hydroxylation is 1. The molecule has 0 radical (unpaired) electrons. The number of aromatic nitrogens is 3. The highest BCUT2D eigenvalue weighted by Crippen LogP contribution is 2.33. The quantitative estimate of drug-likeness (QED) is 0.383. The van der Waals surface area contributed by atoms with Crippen LogP contribution in [0.2, 0.25) is 0 Å². The molecule has 0 aliphatic rings. The topological polar surface area (TPSA) is 30.7 Å². The van der Waals surface area contributed by atoms with Crippen molar-refractivity contribution >= 4 is 27.9 Å². The summed E-state index contributed by atoms with van der Waals surface area (Å²) in [6.07, 6.45) is 9.39. The number of hydrogen-bond acceptors (Lipinski definition) is 2. The smallest absolute Gasteiger partial charge is 0.0572 e. The molecule has 0 N–H and O–H groups in total. The van der Waals surface area contributed by atoms with Crippen LogP contribution in [0.1, 0.15) is 11.1 Å². The standard InChI is InChI=1S/C25H19N3/c1-3-18-5-4-6-19(14-18)21-8-7-20(13-17(21)2)28-24-9-11-26-15-22(24)23-16-27-12-10-25(23)28/h3-16H,1H2,2H3. The average molecular weight is 361 g/mol. The van der Waals surface area contributed by atoms with Gasteiger partial charge in [0, 0.05) is 41.2 Å². The first-order valence-electron chi connectivity index (χ1n) is 9.28. The van der Waals surface area contributed by atoms with Gasteiger partial charge in [0.05, 0.1) is 11.0 Å². The van der Waals surface area contributed by atoms with E-state index in [9.17, 15) is 0 Å². The maximum atomic E-state index is 4.31. The molecule has 0 fully saturated rings. The number of benzene rings is 2. The van der Waals surface area contributed by atoms with Gasteiger partial charge < -0.3 is 4.57 Å². The van der Waals surface area contributed by atoms with Crippen LogP contribution in [-0.2, 0) is 0 Å². The summed E-state index contributed by atoms with van der Waals surface area (Å²) in [5, 5.41) is 2.23. The fourth-order valence-electron chi connectivity index (χ4n) is 3.93. The van der Waals surface area contributed by atoms with Crippen molar-refractivity contribution in [3.63, 3.8) is 0 Å². The molecule has 5 rings (SSSR count). The van der Waals surface area contributed by atoms with E-state index in [-0.39, 0.29) is 0 Å². The van der Waals surface area contributed by atoms with Crippen LogP contribution in [0.4, 0.5) is 0 Å². The van der Waals surface area contributed by atoms with Crippen molar-refractivity contribution in [2.75, 3.05) is 0 Å². The van der Waals surface area contributed by atoms with Crippen molar-refractivity contribution < 1.29 is 0 Å². The molecule has 0 aliphatic carbocycles. The van der Waals surface area contributed by atoms with Gasteiger partial charge in [-0.2, -0.15) is 0 Å². The first kappa shape index (κ1) is 16.5. The van der Waals surface area contributed by atoms with Gasteiger partial charge in [-0.15, -0.1) is 0 Å². The molecule has 0 saturated carbocycles. The van der Waals surface area contributed by atoms with Gasteiger partial charge in [-0.25, -0.2) is 0 Å². The molecule has 0 unspecified atom stereocenters. The second-order valence-electron chi connectivity index (χ2n) is 6.95. The molecule has 5 aromatic rings. The van der Waals surface area contributed by atoms with Crippen LogP contribution in [0.15, 0.2) is 86.0 Å². The van der Waals surface area contributed by atoms with Crippen LogP contribution in [0.25, 0.3) is 44.7 Å². The van der Waals surface area contributed by atoms with Crippen molar-refractivity contribution in [1.29, 1.82) is 0 Å². The van der Waals surface area contributed by atoms with Gasteiger partial charge in [-0.3, -0.25) is 9.97 Å². The van der Waals surface area contributed by atoms with Crippen molar-refractivity contribution in [1.82, 2.24) is 14.5 Å². The second-order valence-corrected chi connectivity index (χ2v) is 6.95. The fraction of sp³-hybridized carbons (Fsp3) is 0.0400. The summed E-state index contributed by atoms with van der Waals surface area (Å²) >= 11 is 0. The number of hydrogen-bond donors (Lipinski definition) is 0. The van der Waals surface area contributed by atoms with E-state index in [1.165, 1.54) is 16.7 Å². The van der Waals surface area contributed by atoms with E-state index in [2.05, 4.69) is 82.6 Å². The summed E-state index contributed by atoms with van der Waals surface area (Å²) < 4.78 is 2.28. The lowest BCUT2D eigenvalue weighted by Crippen LogP contribution is -1.95. The zero-order valence-electron chi connectivity index (χ0n) is 15.6. The molecular formula is C25H19N3. The van der Waals surface area contributed by atoms with E-state index < -0.39 is 0 Å². The van der Waals surface area contributed by atoms with Crippen LogP contribution in [0.5, 0.6) is 0 Å². The summed E-state index contributed by atoms with van der Waals surface area (Å²) in [5.74, 6) is 0. The molecule has 28 heavy (non-hydrogen) atoms. The van der Waals surface area contributed by atoms with E-state index >= 15 is 0 Å². The molecule has 0 amide bonds. The molecule has 3 nitrogen and oxygen atoms in total. The van der Waals surface area contributed by atoms with Crippen LogP contribution >= 0.6 is 0 Å². The average Bonchev–Trinajstić information content (AvgIpc) is 3.08. The van der Waals surface area contributed by atoms with Crippen molar-refractivity contribution in [2.45, 2.75) is 6.92 Å². The largest absolute Gasteiger partial charge is 0.309 e. The molecule has 134 valence electrons. The highest BCUT2D eigenvalue weighted by atomic mass is 15.0.